The van der Waals surface area contributed by atoms with Crippen molar-refractivity contribution >= 4 is 29.4 Å². The fourth-order valence-corrected chi connectivity index (χ4v) is 5.97. The van der Waals surface area contributed by atoms with Gasteiger partial charge in [0.25, 0.3) is 0 Å². The molecule has 1 saturated carbocycles. The van der Waals surface area contributed by atoms with Crippen molar-refractivity contribution in [3.8, 4) is 0 Å². The zero-order chi connectivity index (χ0) is 28.8. The Kier molecular flexibility index (Phi) is 11.5. The smallest absolute Gasteiger partial charge is 0.306 e. The van der Waals surface area contributed by atoms with Crippen molar-refractivity contribution < 1.29 is 28.7 Å². The van der Waals surface area contributed by atoms with Crippen molar-refractivity contribution in [3.05, 3.63) is 0 Å². The lowest BCUT2D eigenvalue weighted by molar-refractivity contribution is -0.155. The molecular weight excluding hydrogens is 484 g/mol. The Hall–Kier alpha value is -2.25. The first-order chi connectivity index (χ1) is 17.6. The monoisotopic (exact) mass is 534 g/mol. The van der Waals surface area contributed by atoms with Crippen LogP contribution in [0.4, 0.5) is 0 Å². The normalized spacial score (nSPS) is 22.8. The fourth-order valence-electron chi connectivity index (χ4n) is 5.97. The summed E-state index contributed by atoms with van der Waals surface area (Å²) in [6, 6.07) is -1.15. The van der Waals surface area contributed by atoms with Gasteiger partial charge in [0, 0.05) is 31.7 Å². The predicted molar refractivity (Wildman–Crippen MR) is 146 cm³/mol. The molecule has 1 heterocycles. The molecule has 0 aromatic carbocycles. The average molecular weight is 535 g/mol. The quantitative estimate of drug-likeness (QED) is 0.276. The Balaban J connectivity index is 1.96. The molecule has 2 aliphatic rings. The number of amides is 2. The number of ether oxygens (including phenoxy) is 1. The van der Waals surface area contributed by atoms with Crippen LogP contribution in [0.2, 0.25) is 0 Å². The van der Waals surface area contributed by atoms with Crippen LogP contribution in [0.15, 0.2) is 0 Å². The van der Waals surface area contributed by atoms with Gasteiger partial charge in [-0.15, -0.1) is 0 Å². The van der Waals surface area contributed by atoms with E-state index in [-0.39, 0.29) is 59.9 Å². The number of hydrogen-bond acceptors (Lipinski definition) is 6. The third-order valence-electron chi connectivity index (χ3n) is 7.92. The molecule has 0 bridgehead atoms. The van der Waals surface area contributed by atoms with Crippen LogP contribution in [-0.4, -0.2) is 58.5 Å². The number of carbonyl (C=O) groups is 5. The van der Waals surface area contributed by atoms with Gasteiger partial charge in [0.1, 0.15) is 17.4 Å². The van der Waals surface area contributed by atoms with Crippen molar-refractivity contribution in [1.29, 1.82) is 0 Å². The van der Waals surface area contributed by atoms with Crippen LogP contribution in [-0.2, 0) is 28.7 Å². The summed E-state index contributed by atoms with van der Waals surface area (Å²) in [6.45, 7) is 15.2. The van der Waals surface area contributed by atoms with E-state index >= 15 is 0 Å². The maximum atomic E-state index is 13.7. The van der Waals surface area contributed by atoms with Gasteiger partial charge in [-0.3, -0.25) is 24.0 Å². The summed E-state index contributed by atoms with van der Waals surface area (Å²) >= 11 is 0. The van der Waals surface area contributed by atoms with E-state index in [0.29, 0.717) is 31.7 Å². The van der Waals surface area contributed by atoms with E-state index in [0.717, 1.165) is 19.3 Å². The summed E-state index contributed by atoms with van der Waals surface area (Å²) in [5.74, 6) is -1.00. The number of nitrogens with one attached hydrogen (secondary N) is 1. The standard InChI is InChI=1S/C30H50N2O6/c1-18(2)24(16-22(34)13-9-10-15-25(35)38-30(6,7)8)28(36)31-26(19(3)4)29(37)32-17-21-12-11-14-23(21)27(32)20(5)33/h18-19,21,23-24,26-27H,9-17H2,1-8H3,(H,31,36)/t21-,23-,24-,26-,27+/m0/s1. The van der Waals surface area contributed by atoms with Gasteiger partial charge in [0.15, 0.2) is 5.78 Å². The largest absolute Gasteiger partial charge is 0.460 e. The molecule has 2 amide bonds. The molecule has 1 aliphatic carbocycles. The number of carbonyl (C=O) groups excluding carboxylic acids is 5. The summed E-state index contributed by atoms with van der Waals surface area (Å²) in [4.78, 5) is 65.8. The maximum absolute atomic E-state index is 13.7. The van der Waals surface area contributed by atoms with Crippen molar-refractivity contribution in [2.45, 2.75) is 124 Å². The maximum Gasteiger partial charge on any atom is 0.306 e. The summed E-state index contributed by atoms with van der Waals surface area (Å²) in [6.07, 6.45) is 4.85. The van der Waals surface area contributed by atoms with Gasteiger partial charge in [-0.25, -0.2) is 0 Å². The van der Waals surface area contributed by atoms with E-state index < -0.39 is 23.6 Å². The lowest BCUT2D eigenvalue weighted by Gasteiger charge is -2.32. The van der Waals surface area contributed by atoms with Crippen molar-refractivity contribution in [2.75, 3.05) is 6.54 Å². The number of Topliss-reactive ketones (excluding diaryl/α,β-unsaturated/α-hetero) is 2. The summed E-state index contributed by atoms with van der Waals surface area (Å²) in [5.41, 5.74) is -0.527. The van der Waals surface area contributed by atoms with Crippen LogP contribution in [0.5, 0.6) is 0 Å². The number of hydrogen-bond donors (Lipinski definition) is 1. The Morgan fingerprint density at radius 2 is 1.58 bits per heavy atom. The minimum absolute atomic E-state index is 0.0129. The lowest BCUT2D eigenvalue weighted by Crippen LogP contribution is -2.55. The molecular formula is C30H50N2O6. The molecule has 1 N–H and O–H groups in total. The van der Waals surface area contributed by atoms with Crippen LogP contribution >= 0.6 is 0 Å². The zero-order valence-electron chi connectivity index (χ0n) is 24.8. The fraction of sp³-hybridized carbons (Fsp3) is 0.833. The van der Waals surface area contributed by atoms with Crippen LogP contribution in [0, 0.1) is 29.6 Å². The molecule has 0 radical (unpaired) electrons. The lowest BCUT2D eigenvalue weighted by atomic mass is 9.87. The number of nitrogens with zero attached hydrogens (tertiary/aromatic N) is 1. The molecule has 0 unspecified atom stereocenters. The van der Waals surface area contributed by atoms with Crippen molar-refractivity contribution in [1.82, 2.24) is 10.2 Å². The van der Waals surface area contributed by atoms with Gasteiger partial charge in [-0.2, -0.15) is 0 Å². The molecule has 0 aromatic heterocycles. The second-order valence-electron chi connectivity index (χ2n) is 13.0. The number of esters is 1. The Morgan fingerprint density at radius 1 is 0.947 bits per heavy atom. The Labute approximate surface area is 229 Å². The van der Waals surface area contributed by atoms with Gasteiger partial charge in [-0.1, -0.05) is 34.1 Å². The van der Waals surface area contributed by atoms with E-state index in [1.54, 1.807) is 11.8 Å². The van der Waals surface area contributed by atoms with Gasteiger partial charge in [0.2, 0.25) is 11.8 Å². The number of rotatable bonds is 13. The Morgan fingerprint density at radius 3 is 2.13 bits per heavy atom. The van der Waals surface area contributed by atoms with Crippen LogP contribution in [0.1, 0.15) is 107 Å². The SMILES string of the molecule is CC(=O)[C@@H]1[C@H]2CCC[C@H]2CN1C(=O)[C@@H](NC(=O)[C@@H](CC(=O)CCCCC(=O)OC(C)(C)C)C(C)C)C(C)C. The molecule has 1 aliphatic heterocycles. The number of ketones is 2. The predicted octanol–water partition coefficient (Wildman–Crippen LogP) is 4.48. The summed E-state index contributed by atoms with van der Waals surface area (Å²) < 4.78 is 5.30. The zero-order valence-corrected chi connectivity index (χ0v) is 24.8. The summed E-state index contributed by atoms with van der Waals surface area (Å²) in [5, 5.41) is 2.95. The molecule has 216 valence electrons. The van der Waals surface area contributed by atoms with Crippen LogP contribution in [0.25, 0.3) is 0 Å². The molecule has 2 rings (SSSR count). The highest BCUT2D eigenvalue weighted by Gasteiger charge is 2.49. The Bertz CT molecular complexity index is 874. The number of likely N-dealkylation sites (tertiary alicyclic amines) is 1. The molecule has 0 aromatic rings. The van der Waals surface area contributed by atoms with E-state index in [9.17, 15) is 24.0 Å². The van der Waals surface area contributed by atoms with E-state index in [4.69, 9.17) is 4.74 Å². The molecule has 5 atom stereocenters. The minimum Gasteiger partial charge on any atom is -0.460 e. The van der Waals surface area contributed by atoms with Gasteiger partial charge >= 0.3 is 5.97 Å². The molecule has 8 heteroatoms. The minimum atomic E-state index is -0.742. The average Bonchev–Trinajstić information content (AvgIpc) is 3.37. The van der Waals surface area contributed by atoms with Crippen molar-refractivity contribution in [3.63, 3.8) is 0 Å². The molecule has 38 heavy (non-hydrogen) atoms. The van der Waals surface area contributed by atoms with E-state index in [1.165, 1.54) is 0 Å². The number of fused-ring (bicyclic) bond motifs is 1. The molecule has 1 saturated heterocycles. The topological polar surface area (TPSA) is 110 Å². The highest BCUT2D eigenvalue weighted by atomic mass is 16.6. The molecule has 0 spiro atoms. The van der Waals surface area contributed by atoms with E-state index in [1.807, 2.05) is 48.5 Å². The van der Waals surface area contributed by atoms with Gasteiger partial charge in [-0.05, 0) is 77.0 Å². The van der Waals surface area contributed by atoms with Gasteiger partial charge in [0.05, 0.1) is 6.04 Å². The van der Waals surface area contributed by atoms with Gasteiger partial charge < -0.3 is 15.0 Å². The third kappa shape index (κ3) is 8.91. The highest BCUT2D eigenvalue weighted by molar-refractivity contribution is 5.94. The van der Waals surface area contributed by atoms with E-state index in [2.05, 4.69) is 5.32 Å². The second-order valence-corrected chi connectivity index (χ2v) is 13.0. The first-order valence-electron chi connectivity index (χ1n) is 14.5. The van der Waals surface area contributed by atoms with Crippen LogP contribution < -0.4 is 5.32 Å². The highest BCUT2D eigenvalue weighted by Crippen LogP contribution is 2.42. The number of unbranched alkanes of at least 4 members (excludes halogenated alkanes) is 1. The first kappa shape index (κ1) is 32.0. The summed E-state index contributed by atoms with van der Waals surface area (Å²) in [7, 11) is 0. The molecule has 8 nitrogen and oxygen atoms in total. The third-order valence-corrected chi connectivity index (χ3v) is 7.92. The molecule has 2 fully saturated rings. The first-order valence-corrected chi connectivity index (χ1v) is 14.5. The van der Waals surface area contributed by atoms with Crippen molar-refractivity contribution in [2.24, 2.45) is 29.6 Å². The second kappa shape index (κ2) is 13.7. The van der Waals surface area contributed by atoms with Crippen LogP contribution in [0.3, 0.4) is 0 Å².